The van der Waals surface area contributed by atoms with E-state index in [0.29, 0.717) is 12.8 Å². The van der Waals surface area contributed by atoms with Crippen molar-refractivity contribution in [1.29, 1.82) is 0 Å². The summed E-state index contributed by atoms with van der Waals surface area (Å²) in [7, 11) is 0. The van der Waals surface area contributed by atoms with E-state index in [1.54, 1.807) is 0 Å². The molecule has 3 N–H and O–H groups in total. The van der Waals surface area contributed by atoms with Gasteiger partial charge in [0.25, 0.3) is 0 Å². The summed E-state index contributed by atoms with van der Waals surface area (Å²) in [5.41, 5.74) is -1.44. The maximum Gasteiger partial charge on any atom is 0.341 e. The monoisotopic (exact) mass is 215 g/mol. The molecule has 5 heteroatoms. The maximum atomic E-state index is 11.5. The van der Waals surface area contributed by atoms with Crippen molar-refractivity contribution in [1.82, 2.24) is 0 Å². The Hall–Kier alpha value is -1.10. The molecule has 0 bridgehead atoms. The Bertz CT molecular complexity index is 267. The normalized spacial score (nSPS) is 35.9. The Balaban J connectivity index is 2.99. The molecule has 0 saturated heterocycles. The molecule has 0 aromatic rings. The third kappa shape index (κ3) is 2.12. The van der Waals surface area contributed by atoms with E-state index in [0.717, 1.165) is 6.42 Å². The Labute approximate surface area is 88.5 Å². The average Bonchev–Trinajstić information content (AvgIpc) is 2.14. The van der Waals surface area contributed by atoms with E-state index in [-0.39, 0.29) is 11.8 Å². The van der Waals surface area contributed by atoms with Crippen LogP contribution in [0.15, 0.2) is 0 Å². The fraction of sp³-hybridized carbons (Fsp3) is 0.800. The Kier molecular flexibility index (Phi) is 3.34. The van der Waals surface area contributed by atoms with Crippen LogP contribution in [0.2, 0.25) is 0 Å². The number of nitrogens with two attached hydrogens (primary N) is 1. The van der Waals surface area contributed by atoms with Crippen molar-refractivity contribution >= 4 is 11.9 Å². The minimum absolute atomic E-state index is 0.198. The third-order valence-corrected chi connectivity index (χ3v) is 3.11. The summed E-state index contributed by atoms with van der Waals surface area (Å²) in [6, 6.07) is 0. The van der Waals surface area contributed by atoms with E-state index in [2.05, 4.69) is 4.84 Å². The highest BCUT2D eigenvalue weighted by molar-refractivity contribution is 5.99. The minimum Gasteiger partial charge on any atom is -0.480 e. The van der Waals surface area contributed by atoms with Crippen molar-refractivity contribution in [3.05, 3.63) is 0 Å². The number of hydrogen-bond donors (Lipinski definition) is 2. The number of hydrogen-bond acceptors (Lipinski definition) is 4. The second-order valence-electron chi connectivity index (χ2n) is 4.65. The van der Waals surface area contributed by atoms with Crippen molar-refractivity contribution in [3.8, 4) is 0 Å². The molecule has 1 saturated carbocycles. The molecular formula is C10H17NO4. The Morgan fingerprint density at radius 3 is 2.13 bits per heavy atom. The van der Waals surface area contributed by atoms with Gasteiger partial charge < -0.3 is 9.94 Å². The van der Waals surface area contributed by atoms with Gasteiger partial charge in [-0.05, 0) is 31.1 Å². The summed E-state index contributed by atoms with van der Waals surface area (Å²) < 4.78 is 0. The fourth-order valence-corrected chi connectivity index (χ4v) is 2.67. The van der Waals surface area contributed by atoms with E-state index < -0.39 is 17.4 Å². The molecule has 1 fully saturated rings. The van der Waals surface area contributed by atoms with Crippen molar-refractivity contribution in [2.24, 2.45) is 23.1 Å². The first kappa shape index (κ1) is 12.0. The van der Waals surface area contributed by atoms with Gasteiger partial charge in [0.2, 0.25) is 0 Å². The number of rotatable bonds is 2. The second kappa shape index (κ2) is 4.18. The molecule has 86 valence electrons. The number of carboxylic acid groups (broad SMARTS) is 1. The smallest absolute Gasteiger partial charge is 0.341 e. The molecule has 0 aromatic heterocycles. The van der Waals surface area contributed by atoms with Gasteiger partial charge in [-0.2, -0.15) is 5.90 Å². The highest BCUT2D eigenvalue weighted by Crippen LogP contribution is 2.43. The lowest BCUT2D eigenvalue weighted by Gasteiger charge is -2.36. The van der Waals surface area contributed by atoms with Crippen LogP contribution in [0.5, 0.6) is 0 Å². The van der Waals surface area contributed by atoms with E-state index in [1.165, 1.54) is 0 Å². The molecule has 0 heterocycles. The molecular weight excluding hydrogens is 198 g/mol. The largest absolute Gasteiger partial charge is 0.480 e. The van der Waals surface area contributed by atoms with Gasteiger partial charge >= 0.3 is 11.9 Å². The van der Waals surface area contributed by atoms with Gasteiger partial charge in [0.1, 0.15) is 0 Å². The zero-order valence-corrected chi connectivity index (χ0v) is 9.03. The Morgan fingerprint density at radius 1 is 1.33 bits per heavy atom. The summed E-state index contributed by atoms with van der Waals surface area (Å²) in [5.74, 6) is 3.25. The number of carboxylic acids is 1. The van der Waals surface area contributed by atoms with Crippen molar-refractivity contribution in [3.63, 3.8) is 0 Å². The first-order valence-corrected chi connectivity index (χ1v) is 5.07. The lowest BCUT2D eigenvalue weighted by Crippen LogP contribution is -2.46. The molecule has 1 aliphatic rings. The minimum atomic E-state index is -1.44. The van der Waals surface area contributed by atoms with Crippen LogP contribution in [0.3, 0.4) is 0 Å². The SMILES string of the molecule is C[C@@H]1C[C@H](C)C[C@](C(=O)O)(C(=O)ON)C1. The van der Waals surface area contributed by atoms with Crippen LogP contribution in [0.4, 0.5) is 0 Å². The topological polar surface area (TPSA) is 89.6 Å². The molecule has 0 spiro atoms. The summed E-state index contributed by atoms with van der Waals surface area (Å²) >= 11 is 0. The van der Waals surface area contributed by atoms with Gasteiger partial charge in [-0.15, -0.1) is 0 Å². The standard InChI is InChI=1S/C10H17NO4/c1-6-3-7(2)5-10(4-6,8(12)13)9(14)15-11/h6-7H,3-5,11H2,1-2H3,(H,12,13)/t6-,7+,10-. The first-order valence-electron chi connectivity index (χ1n) is 5.07. The predicted octanol–water partition coefficient (Wildman–Crippen LogP) is 0.930. The fourth-order valence-electron chi connectivity index (χ4n) is 2.67. The molecule has 0 aliphatic heterocycles. The summed E-state index contributed by atoms with van der Waals surface area (Å²) in [5, 5.41) is 9.17. The van der Waals surface area contributed by atoms with E-state index in [4.69, 9.17) is 11.0 Å². The molecule has 0 radical (unpaired) electrons. The van der Waals surface area contributed by atoms with Gasteiger partial charge in [0, 0.05) is 0 Å². The van der Waals surface area contributed by atoms with E-state index in [1.807, 2.05) is 13.8 Å². The summed E-state index contributed by atoms with van der Waals surface area (Å²) in [6.07, 6.45) is 1.55. The highest BCUT2D eigenvalue weighted by Gasteiger charge is 2.51. The molecule has 0 unspecified atom stereocenters. The molecule has 1 aliphatic carbocycles. The van der Waals surface area contributed by atoms with Crippen LogP contribution in [-0.4, -0.2) is 17.0 Å². The molecule has 0 aromatic carbocycles. The van der Waals surface area contributed by atoms with Crippen LogP contribution < -0.4 is 5.90 Å². The van der Waals surface area contributed by atoms with Gasteiger partial charge in [-0.1, -0.05) is 13.8 Å². The predicted molar refractivity (Wildman–Crippen MR) is 52.5 cm³/mol. The molecule has 1 rings (SSSR count). The van der Waals surface area contributed by atoms with Crippen molar-refractivity contribution in [2.75, 3.05) is 0 Å². The van der Waals surface area contributed by atoms with E-state index >= 15 is 0 Å². The number of aliphatic carboxylic acids is 1. The van der Waals surface area contributed by atoms with Crippen molar-refractivity contribution < 1.29 is 19.5 Å². The van der Waals surface area contributed by atoms with Crippen LogP contribution in [0.1, 0.15) is 33.1 Å². The molecule has 0 amide bonds. The van der Waals surface area contributed by atoms with Crippen LogP contribution >= 0.6 is 0 Å². The number of carbonyl (C=O) groups excluding carboxylic acids is 1. The van der Waals surface area contributed by atoms with Crippen molar-refractivity contribution in [2.45, 2.75) is 33.1 Å². The van der Waals surface area contributed by atoms with Gasteiger partial charge in [0.15, 0.2) is 5.41 Å². The zero-order chi connectivity index (χ0) is 11.6. The van der Waals surface area contributed by atoms with Gasteiger partial charge in [0.05, 0.1) is 0 Å². The average molecular weight is 215 g/mol. The van der Waals surface area contributed by atoms with Crippen LogP contribution in [-0.2, 0) is 14.4 Å². The van der Waals surface area contributed by atoms with Gasteiger partial charge in [-0.25, -0.2) is 4.79 Å². The Morgan fingerprint density at radius 2 is 1.80 bits per heavy atom. The quantitative estimate of drug-likeness (QED) is 0.528. The lowest BCUT2D eigenvalue weighted by atomic mass is 9.66. The maximum absolute atomic E-state index is 11.5. The molecule has 5 nitrogen and oxygen atoms in total. The van der Waals surface area contributed by atoms with E-state index in [9.17, 15) is 9.59 Å². The zero-order valence-electron chi connectivity index (χ0n) is 9.03. The highest BCUT2D eigenvalue weighted by atomic mass is 16.7. The third-order valence-electron chi connectivity index (χ3n) is 3.11. The second-order valence-corrected chi connectivity index (χ2v) is 4.65. The molecule has 3 atom stereocenters. The van der Waals surface area contributed by atoms with Gasteiger partial charge in [-0.3, -0.25) is 4.79 Å². The summed E-state index contributed by atoms with van der Waals surface area (Å²) in [4.78, 5) is 26.8. The lowest BCUT2D eigenvalue weighted by molar-refractivity contribution is -0.174. The first-order chi connectivity index (χ1) is 6.92. The van der Waals surface area contributed by atoms with Crippen LogP contribution in [0, 0.1) is 17.3 Å². The molecule has 15 heavy (non-hydrogen) atoms. The summed E-state index contributed by atoms with van der Waals surface area (Å²) in [6.45, 7) is 3.88. The number of carbonyl (C=O) groups is 2. The van der Waals surface area contributed by atoms with Crippen LogP contribution in [0.25, 0.3) is 0 Å².